The molecule has 3 aromatic rings. The number of carbonyl (C=O) groups is 3. The molecule has 3 amide bonds. The Balaban J connectivity index is 1.44. The first-order valence-electron chi connectivity index (χ1n) is 11.5. The highest BCUT2D eigenvalue weighted by molar-refractivity contribution is 5.98. The lowest BCUT2D eigenvalue weighted by Crippen LogP contribution is -2.60. The Labute approximate surface area is 219 Å². The molecule has 0 bridgehead atoms. The maximum Gasteiger partial charge on any atom is 0.420 e. The fourth-order valence-electron chi connectivity index (χ4n) is 4.03. The summed E-state index contributed by atoms with van der Waals surface area (Å²) in [5, 5.41) is 18.0. The molecule has 3 N–H and O–H groups in total. The Bertz CT molecular complexity index is 1350. The van der Waals surface area contributed by atoms with Crippen molar-refractivity contribution in [2.75, 3.05) is 20.2 Å². The second kappa shape index (κ2) is 10.9. The topological polar surface area (TPSA) is 143 Å². The van der Waals surface area contributed by atoms with Crippen molar-refractivity contribution in [2.24, 2.45) is 0 Å². The number of alkyl halides is 3. The van der Waals surface area contributed by atoms with Crippen molar-refractivity contribution in [3.63, 3.8) is 0 Å². The Kier molecular flexibility index (Phi) is 7.65. The van der Waals surface area contributed by atoms with Crippen molar-refractivity contribution in [3.05, 3.63) is 71.6 Å². The second-order valence-corrected chi connectivity index (χ2v) is 8.66. The van der Waals surface area contributed by atoms with Crippen molar-refractivity contribution in [1.82, 2.24) is 20.7 Å². The average Bonchev–Trinajstić information content (AvgIpc) is 3.59. The molecule has 1 saturated heterocycles. The van der Waals surface area contributed by atoms with Crippen molar-refractivity contribution in [2.45, 2.75) is 24.7 Å². The highest BCUT2D eigenvalue weighted by Gasteiger charge is 2.47. The fraction of sp³-hybridized carbons (Fsp3) is 0.280. The normalized spacial score (nSPS) is 17.0. The number of nitrogens with zero attached hydrogens (tertiary/aromatic N) is 2. The van der Waals surface area contributed by atoms with Gasteiger partial charge in [0.25, 0.3) is 5.91 Å². The highest BCUT2D eigenvalue weighted by Crippen LogP contribution is 2.40. The van der Waals surface area contributed by atoms with Crippen LogP contribution in [0.25, 0.3) is 0 Å². The number of halogens is 3. The number of carbonyl (C=O) groups excluding carboxylic acids is 2. The summed E-state index contributed by atoms with van der Waals surface area (Å²) >= 11 is 0. The Morgan fingerprint density at radius 2 is 1.85 bits per heavy atom. The average molecular weight is 548 g/mol. The van der Waals surface area contributed by atoms with E-state index in [-0.39, 0.29) is 43.3 Å². The molecule has 1 aliphatic rings. The van der Waals surface area contributed by atoms with Gasteiger partial charge in [-0.25, -0.2) is 4.79 Å². The van der Waals surface area contributed by atoms with Gasteiger partial charge in [0.1, 0.15) is 28.4 Å². The molecule has 14 heteroatoms. The molecule has 4 rings (SSSR count). The molecule has 2 aromatic carbocycles. The van der Waals surface area contributed by atoms with E-state index in [0.717, 1.165) is 17.0 Å². The quantitative estimate of drug-likeness (QED) is 0.387. The van der Waals surface area contributed by atoms with Gasteiger partial charge in [0, 0.05) is 19.2 Å². The van der Waals surface area contributed by atoms with Crippen molar-refractivity contribution < 1.29 is 46.7 Å². The Morgan fingerprint density at radius 3 is 2.44 bits per heavy atom. The van der Waals surface area contributed by atoms with Gasteiger partial charge in [0.15, 0.2) is 0 Å². The van der Waals surface area contributed by atoms with Gasteiger partial charge >= 0.3 is 12.3 Å². The number of aromatic nitrogens is 1. The van der Waals surface area contributed by atoms with E-state index in [9.17, 15) is 32.7 Å². The molecule has 1 aliphatic heterocycles. The first-order chi connectivity index (χ1) is 18.5. The molecule has 206 valence electrons. The summed E-state index contributed by atoms with van der Waals surface area (Å²) in [4.78, 5) is 38.2. The van der Waals surface area contributed by atoms with Gasteiger partial charge < -0.3 is 34.6 Å². The monoisotopic (exact) mass is 548 g/mol. The molecular formula is C25H23F3N4O7. The molecule has 39 heavy (non-hydrogen) atoms. The summed E-state index contributed by atoms with van der Waals surface area (Å²) in [6.07, 6.45) is -4.61. The fourth-order valence-corrected chi connectivity index (χ4v) is 4.03. The van der Waals surface area contributed by atoms with Crippen LogP contribution < -0.4 is 20.1 Å². The lowest BCUT2D eigenvalue weighted by atomic mass is 9.96. The SMILES string of the molecule is COc1ccc(Oc2ccc(CNC(=O)C3(NC(=O)c4ccno4)CCN(C(=O)O)C3)cc2)c(C(F)(F)F)c1. The third-order valence-corrected chi connectivity index (χ3v) is 6.09. The van der Waals surface area contributed by atoms with Crippen LogP contribution in [0.15, 0.2) is 59.3 Å². The van der Waals surface area contributed by atoms with Crippen LogP contribution in [-0.2, 0) is 17.5 Å². The number of ether oxygens (including phenoxy) is 2. The zero-order valence-corrected chi connectivity index (χ0v) is 20.4. The largest absolute Gasteiger partial charge is 0.497 e. The number of likely N-dealkylation sites (tertiary alicyclic amines) is 1. The summed E-state index contributed by atoms with van der Waals surface area (Å²) in [5.74, 6) is -1.73. The van der Waals surface area contributed by atoms with E-state index >= 15 is 0 Å². The zero-order chi connectivity index (χ0) is 28.2. The number of rotatable bonds is 8. The van der Waals surface area contributed by atoms with Gasteiger partial charge in [-0.1, -0.05) is 17.3 Å². The number of carboxylic acid groups (broad SMARTS) is 1. The smallest absolute Gasteiger partial charge is 0.420 e. The van der Waals surface area contributed by atoms with Crippen LogP contribution in [0.1, 0.15) is 28.1 Å². The number of methoxy groups -OCH3 is 1. The maximum absolute atomic E-state index is 13.4. The van der Waals surface area contributed by atoms with Crippen molar-refractivity contribution >= 4 is 17.9 Å². The lowest BCUT2D eigenvalue weighted by Gasteiger charge is -2.28. The molecular weight excluding hydrogens is 525 g/mol. The summed E-state index contributed by atoms with van der Waals surface area (Å²) in [6, 6.07) is 10.6. The second-order valence-electron chi connectivity index (χ2n) is 8.66. The van der Waals surface area contributed by atoms with E-state index in [2.05, 4.69) is 15.8 Å². The number of amides is 3. The maximum atomic E-state index is 13.4. The number of hydrogen-bond acceptors (Lipinski definition) is 7. The van der Waals surface area contributed by atoms with Crippen LogP contribution in [-0.4, -0.2) is 58.8 Å². The van der Waals surface area contributed by atoms with Gasteiger partial charge in [0.2, 0.25) is 11.7 Å². The predicted molar refractivity (Wildman–Crippen MR) is 127 cm³/mol. The number of benzene rings is 2. The highest BCUT2D eigenvalue weighted by atomic mass is 19.4. The molecule has 0 radical (unpaired) electrons. The molecule has 2 heterocycles. The van der Waals surface area contributed by atoms with Gasteiger partial charge in [0.05, 0.1) is 19.9 Å². The summed E-state index contributed by atoms with van der Waals surface area (Å²) in [6.45, 7) is -0.260. The zero-order valence-electron chi connectivity index (χ0n) is 20.4. The van der Waals surface area contributed by atoms with Crippen LogP contribution in [0.4, 0.5) is 18.0 Å². The van der Waals surface area contributed by atoms with Crippen molar-refractivity contribution in [3.8, 4) is 17.2 Å². The lowest BCUT2D eigenvalue weighted by molar-refractivity contribution is -0.138. The van der Waals surface area contributed by atoms with Crippen LogP contribution in [0.3, 0.4) is 0 Å². The van der Waals surface area contributed by atoms with Gasteiger partial charge in [-0.05, 0) is 42.3 Å². The first-order valence-corrected chi connectivity index (χ1v) is 11.5. The summed E-state index contributed by atoms with van der Waals surface area (Å²) in [7, 11) is 1.26. The molecule has 11 nitrogen and oxygen atoms in total. The van der Waals surface area contributed by atoms with E-state index in [1.165, 1.54) is 37.6 Å². The summed E-state index contributed by atoms with van der Waals surface area (Å²) in [5.41, 5.74) is -1.97. The summed E-state index contributed by atoms with van der Waals surface area (Å²) < 4.78 is 55.5. The standard InChI is InChI=1S/C25H23F3N4O7/c1-37-17-6-7-19(18(12-17)25(26,27)28)38-16-4-2-15(3-5-16)13-29-22(34)24(9-11-32(14-24)23(35)36)31-21(33)20-8-10-30-39-20/h2-8,10,12H,9,11,13-14H2,1H3,(H,29,34)(H,31,33)(H,35,36). The molecule has 0 saturated carbocycles. The minimum Gasteiger partial charge on any atom is -0.497 e. The molecule has 0 aliphatic carbocycles. The molecule has 0 spiro atoms. The van der Waals surface area contributed by atoms with E-state index in [1.807, 2.05) is 0 Å². The Hall–Kier alpha value is -4.75. The van der Waals surface area contributed by atoms with Crippen LogP contribution in [0, 0.1) is 0 Å². The van der Waals surface area contributed by atoms with E-state index in [1.54, 1.807) is 12.1 Å². The van der Waals surface area contributed by atoms with E-state index < -0.39 is 40.9 Å². The molecule has 1 unspecified atom stereocenters. The van der Waals surface area contributed by atoms with Gasteiger partial charge in [-0.2, -0.15) is 13.2 Å². The minimum absolute atomic E-state index is 0.0115. The van der Waals surface area contributed by atoms with Gasteiger partial charge in [-0.15, -0.1) is 0 Å². The minimum atomic E-state index is -4.66. The van der Waals surface area contributed by atoms with Crippen LogP contribution >= 0.6 is 0 Å². The molecule has 1 atom stereocenters. The molecule has 1 fully saturated rings. The van der Waals surface area contributed by atoms with Crippen LogP contribution in [0.5, 0.6) is 17.2 Å². The Morgan fingerprint density at radius 1 is 1.13 bits per heavy atom. The van der Waals surface area contributed by atoms with E-state index in [0.29, 0.717) is 5.56 Å². The predicted octanol–water partition coefficient (Wildman–Crippen LogP) is 3.66. The van der Waals surface area contributed by atoms with Crippen LogP contribution in [0.2, 0.25) is 0 Å². The van der Waals surface area contributed by atoms with E-state index in [4.69, 9.17) is 14.0 Å². The van der Waals surface area contributed by atoms with Crippen molar-refractivity contribution in [1.29, 1.82) is 0 Å². The number of hydrogen-bond donors (Lipinski definition) is 3. The third-order valence-electron chi connectivity index (χ3n) is 6.09. The first kappa shape index (κ1) is 27.3. The number of nitrogens with one attached hydrogen (secondary N) is 2. The van der Waals surface area contributed by atoms with Gasteiger partial charge in [-0.3, -0.25) is 9.59 Å². The molecule has 1 aromatic heterocycles. The third kappa shape index (κ3) is 6.22.